The number of fused-ring (bicyclic) bond motifs is 1. The third-order valence-corrected chi connectivity index (χ3v) is 12.9. The summed E-state index contributed by atoms with van der Waals surface area (Å²) in [5.74, 6) is -1.34. The first-order valence-electron chi connectivity index (χ1n) is 12.3. The molecule has 1 heterocycles. The summed E-state index contributed by atoms with van der Waals surface area (Å²) in [4.78, 5) is 0.553. The minimum absolute atomic E-state index is 0.101. The van der Waals surface area contributed by atoms with Crippen molar-refractivity contribution in [2.75, 3.05) is 20.3 Å². The molecule has 0 aromatic heterocycles. The zero-order valence-corrected chi connectivity index (χ0v) is 23.2. The van der Waals surface area contributed by atoms with Crippen LogP contribution in [0.15, 0.2) is 39.6 Å². The number of rotatable bonds is 4. The molecule has 3 fully saturated rings. The molecular formula is C25H40N2O6S2. The number of nitrogens with one attached hydrogen (secondary N) is 1. The molecule has 2 N–H and O–H groups in total. The lowest BCUT2D eigenvalue weighted by atomic mass is 9.76. The number of aliphatic hydroxyl groups is 1. The number of hydrogen-bond donors (Lipinski definition) is 2. The van der Waals surface area contributed by atoms with Gasteiger partial charge in [0, 0.05) is 30.2 Å². The van der Waals surface area contributed by atoms with Crippen molar-refractivity contribution in [2.45, 2.75) is 86.7 Å². The summed E-state index contributed by atoms with van der Waals surface area (Å²) in [5.41, 5.74) is -0.101. The van der Waals surface area contributed by atoms with Gasteiger partial charge in [0.05, 0.1) is 45.1 Å². The third kappa shape index (κ3) is 4.82. The fourth-order valence-electron chi connectivity index (χ4n) is 5.66. The van der Waals surface area contributed by atoms with Gasteiger partial charge in [0.15, 0.2) is 5.79 Å². The Morgan fingerprint density at radius 2 is 1.66 bits per heavy atom. The highest BCUT2D eigenvalue weighted by Gasteiger charge is 2.61. The fourth-order valence-corrected chi connectivity index (χ4v) is 9.36. The maximum Gasteiger partial charge on any atom is 0.216 e. The second-order valence-electron chi connectivity index (χ2n) is 12.0. The van der Waals surface area contributed by atoms with Crippen molar-refractivity contribution in [1.29, 1.82) is 0 Å². The Labute approximate surface area is 210 Å². The summed E-state index contributed by atoms with van der Waals surface area (Å²) in [6, 6.07) is 8.17. The number of sulfonamides is 1. The third-order valence-electron chi connectivity index (χ3n) is 7.81. The Hall–Kier alpha value is -1.04. The van der Waals surface area contributed by atoms with E-state index in [0.717, 1.165) is 0 Å². The van der Waals surface area contributed by atoms with Crippen LogP contribution in [0, 0.1) is 17.3 Å². The van der Waals surface area contributed by atoms with E-state index in [1.807, 2.05) is 6.07 Å². The number of ether oxygens (including phenoxy) is 2. The highest BCUT2D eigenvalue weighted by atomic mass is 32.2. The highest BCUT2D eigenvalue weighted by Crippen LogP contribution is 2.53. The number of aliphatic hydroxyl groups excluding tert-OH is 1. The SMILES string of the molecule is CN=[S@@](=O)(c1ccccc1)[C@H]1[C@H](O)[C@@H](NS(=O)(=O)C(C)(C)C)[C@@H]2CC3(CC[C@@H]21)OCC(C)(C)CO3. The van der Waals surface area contributed by atoms with Crippen LogP contribution in [0.3, 0.4) is 0 Å². The van der Waals surface area contributed by atoms with Crippen LogP contribution >= 0.6 is 0 Å². The van der Waals surface area contributed by atoms with E-state index < -0.39 is 47.7 Å². The van der Waals surface area contributed by atoms with E-state index in [1.165, 1.54) is 7.05 Å². The molecule has 198 valence electrons. The minimum Gasteiger partial charge on any atom is -0.390 e. The molecule has 3 aliphatic rings. The van der Waals surface area contributed by atoms with Crippen LogP contribution in [0.25, 0.3) is 0 Å². The molecule has 0 amide bonds. The first-order valence-corrected chi connectivity index (χ1v) is 15.4. The zero-order chi connectivity index (χ0) is 25.9. The lowest BCUT2D eigenvalue weighted by molar-refractivity contribution is -0.318. The molecule has 0 radical (unpaired) electrons. The van der Waals surface area contributed by atoms with Crippen LogP contribution in [0.4, 0.5) is 0 Å². The molecule has 0 bridgehead atoms. The zero-order valence-electron chi connectivity index (χ0n) is 21.6. The standard InChI is InChI=1S/C25H40N2O6S2/c1-23(2,3)35(30,31)27-20-19-14-25(32-15-24(4,5)16-33-25)13-12-18(19)22(21(20)28)34(29,26-6)17-10-8-7-9-11-17/h7-11,18-22,27-28H,12-16H2,1-6H3/t18-,19+,20-,21+,22+,34+/m0/s1. The second kappa shape index (κ2) is 9.06. The molecule has 1 spiro atoms. The smallest absolute Gasteiger partial charge is 0.216 e. The highest BCUT2D eigenvalue weighted by molar-refractivity contribution is 7.94. The molecule has 1 saturated heterocycles. The summed E-state index contributed by atoms with van der Waals surface area (Å²) in [7, 11) is -5.29. The number of nitrogens with zero attached hydrogens (tertiary/aromatic N) is 1. The van der Waals surface area contributed by atoms with Gasteiger partial charge in [0.2, 0.25) is 10.0 Å². The van der Waals surface area contributed by atoms with Crippen LogP contribution in [-0.4, -0.2) is 65.9 Å². The van der Waals surface area contributed by atoms with Crippen molar-refractivity contribution in [2.24, 2.45) is 21.6 Å². The lowest BCUT2D eigenvalue weighted by Crippen LogP contribution is -2.55. The maximum absolute atomic E-state index is 14.4. The molecule has 2 saturated carbocycles. The van der Waals surface area contributed by atoms with Crippen LogP contribution < -0.4 is 4.72 Å². The quantitative estimate of drug-likeness (QED) is 0.621. The van der Waals surface area contributed by atoms with Gasteiger partial charge >= 0.3 is 0 Å². The maximum atomic E-state index is 14.4. The number of benzene rings is 1. The Kier molecular flexibility index (Phi) is 6.99. The van der Waals surface area contributed by atoms with E-state index in [4.69, 9.17) is 9.47 Å². The molecular weight excluding hydrogens is 488 g/mol. The van der Waals surface area contributed by atoms with Gasteiger partial charge in [-0.1, -0.05) is 32.0 Å². The average Bonchev–Trinajstić information content (AvgIpc) is 3.06. The van der Waals surface area contributed by atoms with Crippen LogP contribution in [0.2, 0.25) is 0 Å². The molecule has 4 rings (SSSR count). The first kappa shape index (κ1) is 27.0. The second-order valence-corrected chi connectivity index (χ2v) is 17.0. The van der Waals surface area contributed by atoms with Gasteiger partial charge < -0.3 is 14.6 Å². The van der Waals surface area contributed by atoms with Crippen molar-refractivity contribution in [3.63, 3.8) is 0 Å². The monoisotopic (exact) mass is 528 g/mol. The Morgan fingerprint density at radius 3 is 2.20 bits per heavy atom. The van der Waals surface area contributed by atoms with E-state index in [0.29, 0.717) is 37.4 Å². The molecule has 8 nitrogen and oxygen atoms in total. The largest absolute Gasteiger partial charge is 0.390 e. The van der Waals surface area contributed by atoms with E-state index in [2.05, 4.69) is 22.9 Å². The van der Waals surface area contributed by atoms with Crippen molar-refractivity contribution < 1.29 is 27.2 Å². The minimum atomic E-state index is -3.78. The molecule has 1 aliphatic heterocycles. The van der Waals surface area contributed by atoms with Crippen molar-refractivity contribution in [3.05, 3.63) is 30.3 Å². The predicted octanol–water partition coefficient (Wildman–Crippen LogP) is 3.16. The summed E-state index contributed by atoms with van der Waals surface area (Å²) >= 11 is 0. The van der Waals surface area contributed by atoms with Crippen LogP contribution in [0.5, 0.6) is 0 Å². The average molecular weight is 529 g/mol. The van der Waals surface area contributed by atoms with Gasteiger partial charge in [-0.3, -0.25) is 0 Å². The molecule has 0 unspecified atom stereocenters. The van der Waals surface area contributed by atoms with E-state index in [9.17, 15) is 17.7 Å². The van der Waals surface area contributed by atoms with Gasteiger partial charge in [0.25, 0.3) is 0 Å². The summed E-state index contributed by atoms with van der Waals surface area (Å²) in [6.07, 6.45) is 0.445. The predicted molar refractivity (Wildman–Crippen MR) is 136 cm³/mol. The van der Waals surface area contributed by atoms with Gasteiger partial charge in [-0.2, -0.15) is 0 Å². The molecule has 10 heteroatoms. The van der Waals surface area contributed by atoms with Crippen molar-refractivity contribution in [3.8, 4) is 0 Å². The van der Waals surface area contributed by atoms with Crippen molar-refractivity contribution >= 4 is 19.8 Å². The molecule has 6 atom stereocenters. The summed E-state index contributed by atoms with van der Waals surface area (Å²) < 4.78 is 59.4. The molecule has 1 aromatic carbocycles. The normalized spacial score (nSPS) is 34.2. The number of hydrogen-bond acceptors (Lipinski definition) is 7. The van der Waals surface area contributed by atoms with Gasteiger partial charge in [0.1, 0.15) is 0 Å². The first-order chi connectivity index (χ1) is 16.1. The Morgan fingerprint density at radius 1 is 1.06 bits per heavy atom. The van der Waals surface area contributed by atoms with Gasteiger partial charge in [-0.25, -0.2) is 21.7 Å². The van der Waals surface area contributed by atoms with E-state index >= 15 is 0 Å². The van der Waals surface area contributed by atoms with Gasteiger partial charge in [-0.05, 0) is 51.2 Å². The molecule has 35 heavy (non-hydrogen) atoms. The molecule has 1 aromatic rings. The fraction of sp³-hybridized carbons (Fsp3) is 0.760. The Bertz CT molecular complexity index is 1140. The Balaban J connectivity index is 1.75. The van der Waals surface area contributed by atoms with Gasteiger partial charge in [-0.15, -0.1) is 0 Å². The van der Waals surface area contributed by atoms with E-state index in [1.54, 1.807) is 45.0 Å². The van der Waals surface area contributed by atoms with Crippen molar-refractivity contribution in [1.82, 2.24) is 4.72 Å². The van der Waals surface area contributed by atoms with Crippen LogP contribution in [0.1, 0.15) is 53.9 Å². The summed E-state index contributed by atoms with van der Waals surface area (Å²) in [5, 5.41) is 10.9. The summed E-state index contributed by atoms with van der Waals surface area (Å²) in [6.45, 7) is 10.1. The topological polar surface area (TPSA) is 114 Å². The van der Waals surface area contributed by atoms with Crippen LogP contribution in [-0.2, 0) is 29.2 Å². The van der Waals surface area contributed by atoms with E-state index in [-0.39, 0.29) is 17.3 Å². The molecule has 2 aliphatic carbocycles. The lowest BCUT2D eigenvalue weighted by Gasteiger charge is -2.49.